The Balaban J connectivity index is 2.36. The summed E-state index contributed by atoms with van der Waals surface area (Å²) in [5, 5.41) is 7.48. The summed E-state index contributed by atoms with van der Waals surface area (Å²) in [4.78, 5) is 10.6. The Hall–Kier alpha value is -2.04. The Morgan fingerprint density at radius 1 is 1.50 bits per heavy atom. The van der Waals surface area contributed by atoms with Crippen LogP contribution in [0.15, 0.2) is 30.6 Å². The summed E-state index contributed by atoms with van der Waals surface area (Å²) < 4.78 is 0. The molecule has 0 aromatic carbocycles. The highest BCUT2D eigenvalue weighted by Crippen LogP contribution is 2.19. The lowest BCUT2D eigenvalue weighted by Gasteiger charge is -2.04. The summed E-state index contributed by atoms with van der Waals surface area (Å²) in [7, 11) is 1.58. The molecule has 2 aromatic rings. The van der Waals surface area contributed by atoms with Crippen LogP contribution in [0, 0.1) is 0 Å². The van der Waals surface area contributed by atoms with Crippen LogP contribution in [-0.4, -0.2) is 28.6 Å². The molecule has 0 unspecified atom stereocenters. The van der Waals surface area contributed by atoms with E-state index in [0.29, 0.717) is 0 Å². The van der Waals surface area contributed by atoms with Gasteiger partial charge >= 0.3 is 0 Å². The maximum absolute atomic E-state index is 5.12. The van der Waals surface area contributed by atoms with E-state index >= 15 is 0 Å². The van der Waals surface area contributed by atoms with E-state index in [-0.39, 0.29) is 0 Å². The van der Waals surface area contributed by atoms with Crippen molar-refractivity contribution in [1.29, 1.82) is 0 Å². The number of anilines is 1. The predicted molar refractivity (Wildman–Crippen MR) is 62.1 cm³/mol. The van der Waals surface area contributed by atoms with Crippen LogP contribution in [-0.2, 0) is 0 Å². The zero-order chi connectivity index (χ0) is 11.4. The van der Waals surface area contributed by atoms with Crippen LogP contribution in [0.4, 0.5) is 5.82 Å². The number of nitrogens with one attached hydrogen (secondary N) is 1. The quantitative estimate of drug-likeness (QED) is 0.843. The minimum Gasteiger partial charge on any atom is -0.398 e. The van der Waals surface area contributed by atoms with E-state index in [1.54, 1.807) is 19.5 Å². The number of nitrogens with zero attached hydrogens (tertiary/aromatic N) is 3. The highest BCUT2D eigenvalue weighted by atomic mass is 16.7. The molecule has 0 amide bonds. The highest BCUT2D eigenvalue weighted by Gasteiger charge is 2.08. The second kappa shape index (κ2) is 4.65. The first-order valence-corrected chi connectivity index (χ1v) is 5.14. The van der Waals surface area contributed by atoms with Gasteiger partial charge in [-0.25, -0.2) is 0 Å². The zero-order valence-electron chi connectivity index (χ0n) is 9.34. The molecular formula is C11H14N4O. The molecule has 0 bridgehead atoms. The van der Waals surface area contributed by atoms with Crippen LogP contribution in [0.2, 0.25) is 0 Å². The van der Waals surface area contributed by atoms with Crippen LogP contribution in [0.1, 0.15) is 6.92 Å². The van der Waals surface area contributed by atoms with Crippen LogP contribution in [0.25, 0.3) is 11.3 Å². The molecule has 0 fully saturated rings. The highest BCUT2D eigenvalue weighted by molar-refractivity contribution is 5.61. The van der Waals surface area contributed by atoms with E-state index < -0.39 is 0 Å². The molecule has 1 N–H and O–H groups in total. The fourth-order valence-electron chi connectivity index (χ4n) is 1.46. The van der Waals surface area contributed by atoms with Crippen LogP contribution < -0.4 is 10.2 Å². The van der Waals surface area contributed by atoms with Crippen LogP contribution in [0.5, 0.6) is 0 Å². The summed E-state index contributed by atoms with van der Waals surface area (Å²) >= 11 is 0. The first kappa shape index (κ1) is 10.5. The number of hydrogen-bond donors (Lipinski definition) is 1. The molecule has 0 spiro atoms. The van der Waals surface area contributed by atoms with Gasteiger partial charge in [0.25, 0.3) is 0 Å². The summed E-state index contributed by atoms with van der Waals surface area (Å²) in [5.41, 5.74) is 1.81. The standard InChI is InChI=1S/C11H14N4O/c1-3-13-11-7-10(14-15(11)16-2)9-5-4-6-12-8-9/h4-8,13H,3H2,1-2H3. The topological polar surface area (TPSA) is 52.0 Å². The number of pyridine rings is 1. The maximum atomic E-state index is 5.12. The summed E-state index contributed by atoms with van der Waals surface area (Å²) in [5.74, 6) is 0.837. The SMILES string of the molecule is CCNc1cc(-c2cccnc2)nn1OC. The van der Waals surface area contributed by atoms with Gasteiger partial charge in [0.15, 0.2) is 5.82 Å². The summed E-state index contributed by atoms with van der Waals surface area (Å²) in [6, 6.07) is 5.78. The molecule has 0 saturated carbocycles. The van der Waals surface area contributed by atoms with Crippen molar-refractivity contribution in [1.82, 2.24) is 14.9 Å². The van der Waals surface area contributed by atoms with Crippen molar-refractivity contribution in [2.75, 3.05) is 19.0 Å². The third-order valence-electron chi connectivity index (χ3n) is 2.17. The van der Waals surface area contributed by atoms with Gasteiger partial charge < -0.3 is 10.2 Å². The maximum Gasteiger partial charge on any atom is 0.166 e. The van der Waals surface area contributed by atoms with Crippen molar-refractivity contribution >= 4 is 5.82 Å². The van der Waals surface area contributed by atoms with Crippen molar-refractivity contribution in [2.45, 2.75) is 6.92 Å². The molecule has 0 saturated heterocycles. The molecular weight excluding hydrogens is 204 g/mol. The van der Waals surface area contributed by atoms with Crippen LogP contribution >= 0.6 is 0 Å². The molecule has 84 valence electrons. The van der Waals surface area contributed by atoms with Gasteiger partial charge in [0.2, 0.25) is 0 Å². The average molecular weight is 218 g/mol. The van der Waals surface area contributed by atoms with Crippen molar-refractivity contribution in [3.8, 4) is 11.3 Å². The van der Waals surface area contributed by atoms with E-state index in [9.17, 15) is 0 Å². The molecule has 2 rings (SSSR count). The van der Waals surface area contributed by atoms with E-state index in [1.807, 2.05) is 25.1 Å². The first-order valence-electron chi connectivity index (χ1n) is 5.14. The average Bonchev–Trinajstić information content (AvgIpc) is 2.74. The molecule has 0 aliphatic rings. The van der Waals surface area contributed by atoms with Crippen LogP contribution in [0.3, 0.4) is 0 Å². The summed E-state index contributed by atoms with van der Waals surface area (Å²) in [6.45, 7) is 2.85. The molecule has 2 aromatic heterocycles. The predicted octanol–water partition coefficient (Wildman–Crippen LogP) is 1.44. The third kappa shape index (κ3) is 1.98. The lowest BCUT2D eigenvalue weighted by molar-refractivity contribution is 0.139. The summed E-state index contributed by atoms with van der Waals surface area (Å²) in [6.07, 6.45) is 3.51. The van der Waals surface area contributed by atoms with Crippen molar-refractivity contribution in [3.63, 3.8) is 0 Å². The number of hydrogen-bond acceptors (Lipinski definition) is 4. The van der Waals surface area contributed by atoms with E-state index in [0.717, 1.165) is 23.6 Å². The second-order valence-corrected chi connectivity index (χ2v) is 3.24. The molecule has 16 heavy (non-hydrogen) atoms. The molecule has 0 aliphatic carbocycles. The second-order valence-electron chi connectivity index (χ2n) is 3.24. The van der Waals surface area contributed by atoms with Crippen molar-refractivity contribution in [2.24, 2.45) is 0 Å². The Morgan fingerprint density at radius 2 is 2.38 bits per heavy atom. The molecule has 2 heterocycles. The normalized spacial score (nSPS) is 10.1. The van der Waals surface area contributed by atoms with E-state index in [2.05, 4.69) is 15.4 Å². The molecule has 5 nitrogen and oxygen atoms in total. The van der Waals surface area contributed by atoms with Gasteiger partial charge in [-0.2, -0.15) is 0 Å². The van der Waals surface area contributed by atoms with Gasteiger partial charge in [0, 0.05) is 30.6 Å². The first-order chi connectivity index (χ1) is 7.85. The molecule has 5 heteroatoms. The fourth-order valence-corrected chi connectivity index (χ4v) is 1.46. The number of rotatable bonds is 4. The Bertz CT molecular complexity index is 452. The monoisotopic (exact) mass is 218 g/mol. The largest absolute Gasteiger partial charge is 0.398 e. The smallest absolute Gasteiger partial charge is 0.166 e. The van der Waals surface area contributed by atoms with Gasteiger partial charge in [-0.05, 0) is 19.1 Å². The van der Waals surface area contributed by atoms with Gasteiger partial charge in [-0.1, -0.05) is 4.85 Å². The fraction of sp³-hybridized carbons (Fsp3) is 0.273. The zero-order valence-corrected chi connectivity index (χ0v) is 9.34. The van der Waals surface area contributed by atoms with Gasteiger partial charge in [0.05, 0.1) is 5.69 Å². The lowest BCUT2D eigenvalue weighted by atomic mass is 10.2. The Labute approximate surface area is 94.0 Å². The molecule has 0 radical (unpaired) electrons. The minimum absolute atomic E-state index is 0.821. The third-order valence-corrected chi connectivity index (χ3v) is 2.17. The minimum atomic E-state index is 0.821. The van der Waals surface area contributed by atoms with Gasteiger partial charge in [0.1, 0.15) is 7.11 Å². The molecule has 0 atom stereocenters. The van der Waals surface area contributed by atoms with E-state index in [4.69, 9.17) is 4.84 Å². The van der Waals surface area contributed by atoms with Crippen molar-refractivity contribution < 1.29 is 4.84 Å². The van der Waals surface area contributed by atoms with Gasteiger partial charge in [-0.3, -0.25) is 4.98 Å². The van der Waals surface area contributed by atoms with E-state index in [1.165, 1.54) is 4.85 Å². The Morgan fingerprint density at radius 3 is 3.00 bits per heavy atom. The lowest BCUT2D eigenvalue weighted by Crippen LogP contribution is -2.12. The molecule has 0 aliphatic heterocycles. The van der Waals surface area contributed by atoms with Crippen molar-refractivity contribution in [3.05, 3.63) is 30.6 Å². The number of aromatic nitrogens is 3. The van der Waals surface area contributed by atoms with Gasteiger partial charge in [-0.15, -0.1) is 5.10 Å². The Kier molecular flexibility index (Phi) is 3.05.